The van der Waals surface area contributed by atoms with Crippen molar-refractivity contribution >= 4 is 29.1 Å². The average molecular weight is 376 g/mol. The molecule has 3 heterocycles. The van der Waals surface area contributed by atoms with Crippen molar-refractivity contribution in [2.75, 3.05) is 27.7 Å². The summed E-state index contributed by atoms with van der Waals surface area (Å²) in [7, 11) is 5.58. The van der Waals surface area contributed by atoms with Crippen molar-refractivity contribution in [1.82, 2.24) is 4.90 Å². The van der Waals surface area contributed by atoms with Gasteiger partial charge in [0.15, 0.2) is 0 Å². The Morgan fingerprint density at radius 2 is 2.12 bits per heavy atom. The first kappa shape index (κ1) is 17.1. The van der Waals surface area contributed by atoms with Gasteiger partial charge in [-0.05, 0) is 38.2 Å². The van der Waals surface area contributed by atoms with E-state index in [1.165, 1.54) is 28.9 Å². The summed E-state index contributed by atoms with van der Waals surface area (Å²) in [6, 6.07) is 10.5. The molecule has 1 aromatic carbocycles. The van der Waals surface area contributed by atoms with E-state index in [1.54, 1.807) is 11.8 Å². The summed E-state index contributed by atoms with van der Waals surface area (Å²) >= 11 is 3.25. The van der Waals surface area contributed by atoms with Crippen molar-refractivity contribution in [2.24, 2.45) is 0 Å². The average Bonchev–Trinajstić information content (AvgIpc) is 3.16. The minimum atomic E-state index is -0.272. The number of fused-ring (bicyclic) bond motifs is 5. The first-order chi connectivity index (χ1) is 12.1. The van der Waals surface area contributed by atoms with Crippen LogP contribution in [0.15, 0.2) is 39.4 Å². The van der Waals surface area contributed by atoms with Gasteiger partial charge in [0.25, 0.3) is 0 Å². The number of nitrogens with zero attached hydrogens (tertiary/aromatic N) is 1. The Hall–Kier alpha value is -1.34. The molecular formula is C19H21NO3S2. The maximum absolute atomic E-state index is 12.0. The van der Waals surface area contributed by atoms with Gasteiger partial charge in [0, 0.05) is 22.9 Å². The molecule has 2 aromatic rings. The predicted molar refractivity (Wildman–Crippen MR) is 99.7 cm³/mol. The molecule has 4 nitrogen and oxygen atoms in total. The molecule has 1 saturated heterocycles. The Balaban J connectivity index is 1.77. The molecule has 0 N–H and O–H groups in total. The standard InChI is InChI=1S/C19H21NO3S2/c1-20(2)10-11-8-13-12-6-4-5-7-15(12)24-19-14(17(13)23-11)9-16(25-19)18(21)22-3/h4-7,9,11,13,17H,8,10H2,1-3H3. The van der Waals surface area contributed by atoms with E-state index in [9.17, 15) is 4.79 Å². The van der Waals surface area contributed by atoms with Crippen LogP contribution in [0, 0.1) is 0 Å². The minimum Gasteiger partial charge on any atom is -0.465 e. The molecule has 25 heavy (non-hydrogen) atoms. The van der Waals surface area contributed by atoms with Crippen LogP contribution >= 0.6 is 23.1 Å². The highest BCUT2D eigenvalue weighted by molar-refractivity contribution is 8.01. The second-order valence-electron chi connectivity index (χ2n) is 6.77. The van der Waals surface area contributed by atoms with Gasteiger partial charge in [-0.25, -0.2) is 4.79 Å². The number of rotatable bonds is 3. The molecule has 6 heteroatoms. The van der Waals surface area contributed by atoms with Gasteiger partial charge >= 0.3 is 5.97 Å². The molecule has 0 aliphatic carbocycles. The fourth-order valence-electron chi connectivity index (χ4n) is 3.72. The molecule has 2 aliphatic rings. The summed E-state index contributed by atoms with van der Waals surface area (Å²) < 4.78 is 12.5. The summed E-state index contributed by atoms with van der Waals surface area (Å²) in [6.07, 6.45) is 1.21. The monoisotopic (exact) mass is 375 g/mol. The van der Waals surface area contributed by atoms with Crippen LogP contribution in [0.2, 0.25) is 0 Å². The van der Waals surface area contributed by atoms with Crippen LogP contribution in [0.3, 0.4) is 0 Å². The van der Waals surface area contributed by atoms with E-state index < -0.39 is 0 Å². The number of ether oxygens (including phenoxy) is 2. The Labute approximate surface area is 156 Å². The van der Waals surface area contributed by atoms with Crippen LogP contribution < -0.4 is 0 Å². The van der Waals surface area contributed by atoms with E-state index in [4.69, 9.17) is 9.47 Å². The van der Waals surface area contributed by atoms with Crippen LogP contribution in [-0.2, 0) is 9.47 Å². The second kappa shape index (κ2) is 6.76. The molecule has 3 atom stereocenters. The number of hydrogen-bond acceptors (Lipinski definition) is 6. The normalized spacial score (nSPS) is 24.4. The van der Waals surface area contributed by atoms with E-state index in [0.29, 0.717) is 10.8 Å². The van der Waals surface area contributed by atoms with Gasteiger partial charge in [-0.1, -0.05) is 30.0 Å². The third kappa shape index (κ3) is 3.12. The summed E-state index contributed by atoms with van der Waals surface area (Å²) in [6.45, 7) is 0.908. The molecular weight excluding hydrogens is 354 g/mol. The van der Waals surface area contributed by atoms with E-state index >= 15 is 0 Å². The summed E-state index contributed by atoms with van der Waals surface area (Å²) in [4.78, 5) is 16.1. The topological polar surface area (TPSA) is 38.8 Å². The Morgan fingerprint density at radius 1 is 1.32 bits per heavy atom. The van der Waals surface area contributed by atoms with Gasteiger partial charge in [-0.15, -0.1) is 11.3 Å². The number of likely N-dealkylation sites (N-methyl/N-ethyl adjacent to an activating group) is 1. The quantitative estimate of drug-likeness (QED) is 0.753. The number of esters is 1. The van der Waals surface area contributed by atoms with Gasteiger partial charge in [0.2, 0.25) is 0 Å². The van der Waals surface area contributed by atoms with Crippen molar-refractivity contribution < 1.29 is 14.3 Å². The third-order valence-electron chi connectivity index (χ3n) is 4.73. The Morgan fingerprint density at radius 3 is 2.88 bits per heavy atom. The van der Waals surface area contributed by atoms with Crippen LogP contribution in [0.1, 0.15) is 39.2 Å². The molecule has 1 fully saturated rings. The maximum atomic E-state index is 12.0. The predicted octanol–water partition coefficient (Wildman–Crippen LogP) is 4.17. The lowest BCUT2D eigenvalue weighted by Crippen LogP contribution is -2.25. The summed E-state index contributed by atoms with van der Waals surface area (Å²) in [5.74, 6) is 0.0568. The highest BCUT2D eigenvalue weighted by Crippen LogP contribution is 2.55. The molecule has 3 unspecified atom stereocenters. The zero-order chi connectivity index (χ0) is 17.6. The van der Waals surface area contributed by atoms with Crippen molar-refractivity contribution in [1.29, 1.82) is 0 Å². The third-order valence-corrected chi connectivity index (χ3v) is 7.17. The largest absolute Gasteiger partial charge is 0.465 e. The molecule has 0 amide bonds. The number of thiophene rings is 1. The van der Waals surface area contributed by atoms with E-state index in [0.717, 1.165) is 22.7 Å². The van der Waals surface area contributed by atoms with Crippen molar-refractivity contribution in [3.8, 4) is 0 Å². The van der Waals surface area contributed by atoms with E-state index in [2.05, 4.69) is 43.3 Å². The zero-order valence-electron chi connectivity index (χ0n) is 14.5. The first-order valence-corrected chi connectivity index (χ1v) is 9.99. The van der Waals surface area contributed by atoms with Crippen LogP contribution in [0.4, 0.5) is 0 Å². The van der Waals surface area contributed by atoms with Crippen molar-refractivity contribution in [2.45, 2.75) is 33.7 Å². The number of benzene rings is 1. The second-order valence-corrected chi connectivity index (χ2v) is 9.13. The molecule has 132 valence electrons. The number of hydrogen-bond donors (Lipinski definition) is 0. The van der Waals surface area contributed by atoms with Gasteiger partial charge in [-0.2, -0.15) is 0 Å². The summed E-state index contributed by atoms with van der Waals surface area (Å²) in [5, 5.41) is 0. The van der Waals surface area contributed by atoms with Crippen LogP contribution in [-0.4, -0.2) is 44.7 Å². The van der Waals surface area contributed by atoms with Crippen LogP contribution in [0.5, 0.6) is 0 Å². The van der Waals surface area contributed by atoms with Crippen LogP contribution in [0.25, 0.3) is 0 Å². The first-order valence-electron chi connectivity index (χ1n) is 8.36. The van der Waals surface area contributed by atoms with Gasteiger partial charge in [-0.3, -0.25) is 0 Å². The molecule has 0 radical (unpaired) electrons. The SMILES string of the molecule is COC(=O)c1cc2c(s1)Sc1ccccc1C1CC(CN(C)C)OC21. The molecule has 0 bridgehead atoms. The molecule has 2 aliphatic heterocycles. The number of methoxy groups -OCH3 is 1. The lowest BCUT2D eigenvalue weighted by Gasteiger charge is -2.18. The highest BCUT2D eigenvalue weighted by atomic mass is 32.2. The minimum absolute atomic E-state index is 0.00533. The van der Waals surface area contributed by atoms with E-state index in [1.807, 2.05) is 6.07 Å². The molecule has 0 spiro atoms. The molecule has 0 saturated carbocycles. The van der Waals surface area contributed by atoms with Crippen molar-refractivity contribution in [3.05, 3.63) is 46.3 Å². The fourth-order valence-corrected chi connectivity index (χ4v) is 6.24. The lowest BCUT2D eigenvalue weighted by atomic mass is 9.88. The highest BCUT2D eigenvalue weighted by Gasteiger charge is 2.42. The number of carbonyl (C=O) groups is 1. The molecule has 4 rings (SSSR count). The maximum Gasteiger partial charge on any atom is 0.348 e. The van der Waals surface area contributed by atoms with Crippen molar-refractivity contribution in [3.63, 3.8) is 0 Å². The fraction of sp³-hybridized carbons (Fsp3) is 0.421. The zero-order valence-corrected chi connectivity index (χ0v) is 16.2. The summed E-state index contributed by atoms with van der Waals surface area (Å²) in [5.41, 5.74) is 2.50. The Kier molecular flexibility index (Phi) is 4.62. The van der Waals surface area contributed by atoms with Gasteiger partial charge in [0.05, 0.1) is 23.5 Å². The smallest absolute Gasteiger partial charge is 0.348 e. The Bertz CT molecular complexity index is 802. The molecule has 1 aromatic heterocycles. The van der Waals surface area contributed by atoms with Gasteiger partial charge < -0.3 is 14.4 Å². The van der Waals surface area contributed by atoms with E-state index in [-0.39, 0.29) is 18.2 Å². The number of carbonyl (C=O) groups excluding carboxylic acids is 1. The lowest BCUT2D eigenvalue weighted by molar-refractivity contribution is 0.0263. The van der Waals surface area contributed by atoms with Gasteiger partial charge in [0.1, 0.15) is 4.88 Å².